The number of ether oxygens (including phenoxy) is 2. The van der Waals surface area contributed by atoms with E-state index in [1.807, 2.05) is 18.2 Å². The van der Waals surface area contributed by atoms with Crippen molar-refractivity contribution >= 4 is 0 Å². The molecule has 1 heterocycles. The third-order valence-corrected chi connectivity index (χ3v) is 2.66. The standard InChI is InChI=1S/C13H15NO2/c1-9(2)5-11(7-14)10-3-4-12-13(6-10)16-8-15-12/h3-4,6,9,11H,5,8H2,1-2H3. The van der Waals surface area contributed by atoms with Gasteiger partial charge in [-0.2, -0.15) is 5.26 Å². The fourth-order valence-corrected chi connectivity index (χ4v) is 1.86. The summed E-state index contributed by atoms with van der Waals surface area (Å²) in [5, 5.41) is 9.15. The van der Waals surface area contributed by atoms with Crippen molar-refractivity contribution in [3.63, 3.8) is 0 Å². The first-order chi connectivity index (χ1) is 7.70. The molecule has 84 valence electrons. The minimum absolute atomic E-state index is 0.0606. The van der Waals surface area contributed by atoms with Gasteiger partial charge in [0.25, 0.3) is 0 Å². The molecule has 0 saturated carbocycles. The van der Waals surface area contributed by atoms with Gasteiger partial charge >= 0.3 is 0 Å². The molecule has 16 heavy (non-hydrogen) atoms. The van der Waals surface area contributed by atoms with Crippen LogP contribution in [0.2, 0.25) is 0 Å². The SMILES string of the molecule is CC(C)CC(C#N)c1ccc2c(c1)OCO2. The number of nitriles is 1. The lowest BCUT2D eigenvalue weighted by Gasteiger charge is -2.12. The molecule has 1 atom stereocenters. The number of hydrogen-bond acceptors (Lipinski definition) is 3. The summed E-state index contributed by atoms with van der Waals surface area (Å²) < 4.78 is 10.5. The second kappa shape index (κ2) is 4.44. The lowest BCUT2D eigenvalue weighted by Crippen LogP contribution is -2.00. The molecule has 0 N–H and O–H groups in total. The van der Waals surface area contributed by atoms with Gasteiger partial charge in [0.15, 0.2) is 11.5 Å². The van der Waals surface area contributed by atoms with E-state index in [9.17, 15) is 0 Å². The molecule has 3 heteroatoms. The van der Waals surface area contributed by atoms with Crippen LogP contribution in [0.4, 0.5) is 0 Å². The Hall–Kier alpha value is -1.69. The van der Waals surface area contributed by atoms with Crippen molar-refractivity contribution < 1.29 is 9.47 Å². The quantitative estimate of drug-likeness (QED) is 0.781. The molecule has 1 aliphatic rings. The van der Waals surface area contributed by atoms with Crippen LogP contribution in [-0.2, 0) is 0 Å². The molecule has 0 aromatic heterocycles. The molecule has 3 nitrogen and oxygen atoms in total. The lowest BCUT2D eigenvalue weighted by atomic mass is 9.91. The Morgan fingerprint density at radius 2 is 2.06 bits per heavy atom. The topological polar surface area (TPSA) is 42.2 Å². The Morgan fingerprint density at radius 3 is 2.75 bits per heavy atom. The van der Waals surface area contributed by atoms with E-state index in [1.165, 1.54) is 0 Å². The average Bonchev–Trinajstić information content (AvgIpc) is 2.72. The molecule has 0 saturated heterocycles. The van der Waals surface area contributed by atoms with Gasteiger partial charge in [-0.25, -0.2) is 0 Å². The second-order valence-electron chi connectivity index (χ2n) is 4.42. The lowest BCUT2D eigenvalue weighted by molar-refractivity contribution is 0.174. The van der Waals surface area contributed by atoms with Gasteiger partial charge in [0, 0.05) is 0 Å². The van der Waals surface area contributed by atoms with Gasteiger partial charge in [0.05, 0.1) is 12.0 Å². The van der Waals surface area contributed by atoms with Gasteiger partial charge in [-0.05, 0) is 30.0 Å². The van der Waals surface area contributed by atoms with Crippen molar-refractivity contribution in [2.24, 2.45) is 5.92 Å². The van der Waals surface area contributed by atoms with E-state index in [1.54, 1.807) is 0 Å². The van der Waals surface area contributed by atoms with Crippen LogP contribution < -0.4 is 9.47 Å². The van der Waals surface area contributed by atoms with Gasteiger partial charge in [0.2, 0.25) is 6.79 Å². The summed E-state index contributed by atoms with van der Waals surface area (Å²) in [5.74, 6) is 1.97. The van der Waals surface area contributed by atoms with E-state index >= 15 is 0 Å². The Bertz CT molecular complexity index is 420. The van der Waals surface area contributed by atoms with Gasteiger partial charge in [-0.15, -0.1) is 0 Å². The van der Waals surface area contributed by atoms with Gasteiger partial charge in [0.1, 0.15) is 0 Å². The van der Waals surface area contributed by atoms with E-state index in [0.29, 0.717) is 5.92 Å². The van der Waals surface area contributed by atoms with Crippen molar-refractivity contribution in [1.82, 2.24) is 0 Å². The summed E-state index contributed by atoms with van der Waals surface area (Å²) in [6, 6.07) is 8.09. The fourth-order valence-electron chi connectivity index (χ4n) is 1.86. The Labute approximate surface area is 95.6 Å². The molecule has 1 aromatic carbocycles. The van der Waals surface area contributed by atoms with Crippen LogP contribution in [0, 0.1) is 17.2 Å². The average molecular weight is 217 g/mol. The van der Waals surface area contributed by atoms with Gasteiger partial charge < -0.3 is 9.47 Å². The van der Waals surface area contributed by atoms with Crippen LogP contribution in [0.25, 0.3) is 0 Å². The van der Waals surface area contributed by atoms with Crippen molar-refractivity contribution in [2.75, 3.05) is 6.79 Å². The number of hydrogen-bond donors (Lipinski definition) is 0. The molecule has 0 amide bonds. The summed E-state index contributed by atoms with van der Waals surface area (Å²) >= 11 is 0. The third-order valence-electron chi connectivity index (χ3n) is 2.66. The predicted octanol–water partition coefficient (Wildman–Crippen LogP) is 3.07. The summed E-state index contributed by atoms with van der Waals surface area (Å²) in [7, 11) is 0. The zero-order valence-electron chi connectivity index (χ0n) is 9.56. The molecule has 0 bridgehead atoms. The molecule has 0 spiro atoms. The first-order valence-corrected chi connectivity index (χ1v) is 5.50. The molecule has 1 aliphatic heterocycles. The molecule has 1 aromatic rings. The first-order valence-electron chi connectivity index (χ1n) is 5.50. The van der Waals surface area contributed by atoms with Crippen molar-refractivity contribution in [1.29, 1.82) is 5.26 Å². The first kappa shape index (κ1) is 10.8. The molecular weight excluding hydrogens is 202 g/mol. The maximum absolute atomic E-state index is 9.15. The van der Waals surface area contributed by atoms with Crippen molar-refractivity contribution in [3.8, 4) is 17.6 Å². The highest BCUT2D eigenvalue weighted by Gasteiger charge is 2.18. The Morgan fingerprint density at radius 1 is 1.31 bits per heavy atom. The smallest absolute Gasteiger partial charge is 0.231 e. The maximum Gasteiger partial charge on any atom is 0.231 e. The zero-order chi connectivity index (χ0) is 11.5. The fraction of sp³-hybridized carbons (Fsp3) is 0.462. The van der Waals surface area contributed by atoms with Crippen LogP contribution in [-0.4, -0.2) is 6.79 Å². The number of benzene rings is 1. The maximum atomic E-state index is 9.15. The van der Waals surface area contributed by atoms with Crippen LogP contribution in [0.3, 0.4) is 0 Å². The van der Waals surface area contributed by atoms with E-state index in [0.717, 1.165) is 23.5 Å². The monoisotopic (exact) mass is 217 g/mol. The number of nitrogens with zero attached hydrogens (tertiary/aromatic N) is 1. The highest BCUT2D eigenvalue weighted by atomic mass is 16.7. The molecular formula is C13H15NO2. The van der Waals surface area contributed by atoms with Crippen LogP contribution in [0.15, 0.2) is 18.2 Å². The van der Waals surface area contributed by atoms with Crippen LogP contribution in [0.1, 0.15) is 31.7 Å². The Balaban J connectivity index is 2.23. The highest BCUT2D eigenvalue weighted by molar-refractivity contribution is 5.46. The molecule has 0 radical (unpaired) electrons. The third kappa shape index (κ3) is 2.11. The number of fused-ring (bicyclic) bond motifs is 1. The Kier molecular flexibility index (Phi) is 3.00. The highest BCUT2D eigenvalue weighted by Crippen LogP contribution is 2.35. The summed E-state index contributed by atoms with van der Waals surface area (Å²) in [6.45, 7) is 4.52. The molecule has 1 unspecified atom stereocenters. The minimum atomic E-state index is -0.0606. The molecule has 0 aliphatic carbocycles. The van der Waals surface area contributed by atoms with Crippen LogP contribution >= 0.6 is 0 Å². The van der Waals surface area contributed by atoms with Crippen molar-refractivity contribution in [3.05, 3.63) is 23.8 Å². The normalized spacial score (nSPS) is 14.9. The minimum Gasteiger partial charge on any atom is -0.454 e. The molecule has 2 rings (SSSR count). The van der Waals surface area contributed by atoms with E-state index in [-0.39, 0.29) is 12.7 Å². The van der Waals surface area contributed by atoms with E-state index in [2.05, 4.69) is 19.9 Å². The summed E-state index contributed by atoms with van der Waals surface area (Å²) in [6.07, 6.45) is 0.871. The van der Waals surface area contributed by atoms with E-state index in [4.69, 9.17) is 14.7 Å². The van der Waals surface area contributed by atoms with Gasteiger partial charge in [-0.3, -0.25) is 0 Å². The number of rotatable bonds is 3. The zero-order valence-corrected chi connectivity index (χ0v) is 9.56. The molecule has 0 fully saturated rings. The van der Waals surface area contributed by atoms with Crippen LogP contribution in [0.5, 0.6) is 11.5 Å². The van der Waals surface area contributed by atoms with Gasteiger partial charge in [-0.1, -0.05) is 19.9 Å². The summed E-state index contributed by atoms with van der Waals surface area (Å²) in [5.41, 5.74) is 1.01. The predicted molar refractivity (Wildman–Crippen MR) is 60.4 cm³/mol. The largest absolute Gasteiger partial charge is 0.454 e. The van der Waals surface area contributed by atoms with Crippen molar-refractivity contribution in [2.45, 2.75) is 26.2 Å². The van der Waals surface area contributed by atoms with E-state index < -0.39 is 0 Å². The summed E-state index contributed by atoms with van der Waals surface area (Å²) in [4.78, 5) is 0. The second-order valence-corrected chi connectivity index (χ2v) is 4.42.